The molecule has 0 N–H and O–H groups in total. The number of ether oxygens (including phenoxy) is 1. The van der Waals surface area contributed by atoms with Crippen LogP contribution in [0, 0.1) is 10.1 Å². The van der Waals surface area contributed by atoms with Gasteiger partial charge in [0.05, 0.1) is 18.0 Å². The van der Waals surface area contributed by atoms with E-state index >= 15 is 0 Å². The third-order valence-corrected chi connectivity index (χ3v) is 2.26. The van der Waals surface area contributed by atoms with Gasteiger partial charge in [0.1, 0.15) is 0 Å². The molecule has 0 bridgehead atoms. The second-order valence-corrected chi connectivity index (χ2v) is 3.61. The molecular formula is C13H15NO4. The van der Waals surface area contributed by atoms with E-state index in [9.17, 15) is 14.9 Å². The summed E-state index contributed by atoms with van der Waals surface area (Å²) < 4.78 is 4.73. The first-order chi connectivity index (χ1) is 8.63. The molecule has 1 aromatic rings. The van der Waals surface area contributed by atoms with Crippen molar-refractivity contribution in [1.82, 2.24) is 0 Å². The quantitative estimate of drug-likeness (QED) is 0.441. The lowest BCUT2D eigenvalue weighted by atomic mass is 10.1. The van der Waals surface area contributed by atoms with E-state index in [2.05, 4.69) is 0 Å². The van der Waals surface area contributed by atoms with Crippen molar-refractivity contribution in [2.45, 2.75) is 19.8 Å². The van der Waals surface area contributed by atoms with Crippen LogP contribution in [0.3, 0.4) is 0 Å². The van der Waals surface area contributed by atoms with Crippen molar-refractivity contribution in [3.8, 4) is 0 Å². The highest BCUT2D eigenvalue weighted by Crippen LogP contribution is 2.12. The molecule has 0 aliphatic rings. The SMILES string of the molecule is CCOC(=O)CC/C(=C/c1ccccc1)[N+](=O)[O-]. The van der Waals surface area contributed by atoms with Gasteiger partial charge in [-0.15, -0.1) is 0 Å². The van der Waals surface area contributed by atoms with Crippen molar-refractivity contribution in [2.75, 3.05) is 6.61 Å². The van der Waals surface area contributed by atoms with Gasteiger partial charge in [-0.2, -0.15) is 0 Å². The summed E-state index contributed by atoms with van der Waals surface area (Å²) in [6.07, 6.45) is 1.56. The molecule has 0 amide bonds. The Morgan fingerprint density at radius 3 is 2.56 bits per heavy atom. The molecule has 0 radical (unpaired) electrons. The van der Waals surface area contributed by atoms with E-state index in [1.807, 2.05) is 6.07 Å². The Kier molecular flexibility index (Phi) is 5.57. The minimum atomic E-state index is -0.466. The zero-order valence-electron chi connectivity index (χ0n) is 10.2. The van der Waals surface area contributed by atoms with Gasteiger partial charge >= 0.3 is 5.97 Å². The van der Waals surface area contributed by atoms with Crippen LogP contribution in [0.2, 0.25) is 0 Å². The highest BCUT2D eigenvalue weighted by Gasteiger charge is 2.13. The highest BCUT2D eigenvalue weighted by atomic mass is 16.6. The fourth-order valence-corrected chi connectivity index (χ4v) is 1.42. The minimum absolute atomic E-state index is 0.00857. The molecule has 0 unspecified atom stereocenters. The topological polar surface area (TPSA) is 69.4 Å². The molecule has 1 rings (SSSR count). The van der Waals surface area contributed by atoms with E-state index < -0.39 is 10.9 Å². The van der Waals surface area contributed by atoms with Gasteiger partial charge in [0.25, 0.3) is 0 Å². The molecular weight excluding hydrogens is 234 g/mol. The number of nitro groups is 1. The van der Waals surface area contributed by atoms with Crippen molar-refractivity contribution in [3.63, 3.8) is 0 Å². The van der Waals surface area contributed by atoms with Crippen molar-refractivity contribution >= 4 is 12.0 Å². The highest BCUT2D eigenvalue weighted by molar-refractivity contribution is 5.69. The Labute approximate surface area is 105 Å². The normalized spacial score (nSPS) is 11.1. The predicted molar refractivity (Wildman–Crippen MR) is 67.3 cm³/mol. The number of benzene rings is 1. The second-order valence-electron chi connectivity index (χ2n) is 3.61. The molecule has 96 valence electrons. The molecule has 0 aromatic heterocycles. The maximum absolute atomic E-state index is 11.2. The molecule has 0 aliphatic heterocycles. The number of allylic oxidation sites excluding steroid dienone is 1. The van der Waals surface area contributed by atoms with E-state index in [1.165, 1.54) is 6.08 Å². The summed E-state index contributed by atoms with van der Waals surface area (Å²) in [5, 5.41) is 10.9. The van der Waals surface area contributed by atoms with Gasteiger partial charge in [0, 0.05) is 12.5 Å². The van der Waals surface area contributed by atoms with Crippen LogP contribution >= 0.6 is 0 Å². The van der Waals surface area contributed by atoms with Crippen LogP contribution in [0.15, 0.2) is 36.0 Å². The lowest BCUT2D eigenvalue weighted by molar-refractivity contribution is -0.426. The molecule has 0 heterocycles. The van der Waals surface area contributed by atoms with Crippen LogP contribution in [0.25, 0.3) is 6.08 Å². The van der Waals surface area contributed by atoms with Crippen molar-refractivity contribution in [1.29, 1.82) is 0 Å². The summed E-state index contributed by atoms with van der Waals surface area (Å²) in [5.41, 5.74) is 0.752. The van der Waals surface area contributed by atoms with Crippen LogP contribution in [-0.4, -0.2) is 17.5 Å². The predicted octanol–water partition coefficient (Wildman–Crippen LogP) is 2.65. The van der Waals surface area contributed by atoms with Gasteiger partial charge in [0.15, 0.2) is 0 Å². The number of hydrogen-bond acceptors (Lipinski definition) is 4. The fourth-order valence-electron chi connectivity index (χ4n) is 1.42. The summed E-state index contributed by atoms with van der Waals surface area (Å²) >= 11 is 0. The number of nitrogens with zero attached hydrogens (tertiary/aromatic N) is 1. The van der Waals surface area contributed by atoms with Gasteiger partial charge in [0.2, 0.25) is 5.70 Å². The van der Waals surface area contributed by atoms with E-state index in [-0.39, 0.29) is 25.1 Å². The maximum Gasteiger partial charge on any atom is 0.306 e. The van der Waals surface area contributed by atoms with Crippen molar-refractivity contribution in [2.24, 2.45) is 0 Å². The van der Waals surface area contributed by atoms with E-state index in [1.54, 1.807) is 31.2 Å². The molecule has 5 heteroatoms. The maximum atomic E-state index is 11.2. The summed E-state index contributed by atoms with van der Waals surface area (Å²) in [6.45, 7) is 1.99. The monoisotopic (exact) mass is 249 g/mol. The van der Waals surface area contributed by atoms with Crippen LogP contribution in [0.1, 0.15) is 25.3 Å². The number of rotatable bonds is 6. The van der Waals surface area contributed by atoms with Gasteiger partial charge in [-0.05, 0) is 12.5 Å². The Hall–Kier alpha value is -2.17. The Balaban J connectivity index is 2.69. The molecule has 0 saturated heterocycles. The lowest BCUT2D eigenvalue weighted by Gasteiger charge is -2.01. The van der Waals surface area contributed by atoms with Gasteiger partial charge < -0.3 is 4.74 Å². The van der Waals surface area contributed by atoms with Crippen LogP contribution < -0.4 is 0 Å². The number of hydrogen-bond donors (Lipinski definition) is 0. The molecule has 0 atom stereocenters. The summed E-state index contributed by atoms with van der Waals surface area (Å²) in [5.74, 6) is -0.418. The minimum Gasteiger partial charge on any atom is -0.466 e. The largest absolute Gasteiger partial charge is 0.466 e. The van der Waals surface area contributed by atoms with Gasteiger partial charge in [-0.3, -0.25) is 14.9 Å². The van der Waals surface area contributed by atoms with E-state index in [0.29, 0.717) is 0 Å². The first kappa shape index (κ1) is 13.9. The molecule has 0 fully saturated rings. The average Bonchev–Trinajstić information content (AvgIpc) is 2.35. The lowest BCUT2D eigenvalue weighted by Crippen LogP contribution is -2.07. The molecule has 0 aliphatic carbocycles. The van der Waals surface area contributed by atoms with Gasteiger partial charge in [-0.25, -0.2) is 0 Å². The fraction of sp³-hybridized carbons (Fsp3) is 0.308. The molecule has 1 aromatic carbocycles. The first-order valence-electron chi connectivity index (χ1n) is 5.69. The zero-order valence-corrected chi connectivity index (χ0v) is 10.2. The Morgan fingerprint density at radius 2 is 2.00 bits per heavy atom. The second kappa shape index (κ2) is 7.21. The third kappa shape index (κ3) is 4.78. The summed E-state index contributed by atoms with van der Waals surface area (Å²) in [4.78, 5) is 21.5. The zero-order chi connectivity index (χ0) is 13.4. The Bertz CT molecular complexity index is 440. The first-order valence-corrected chi connectivity index (χ1v) is 5.69. The van der Waals surface area contributed by atoms with E-state index in [0.717, 1.165) is 5.56 Å². The van der Waals surface area contributed by atoms with Gasteiger partial charge in [-0.1, -0.05) is 30.3 Å². The molecule has 18 heavy (non-hydrogen) atoms. The summed E-state index contributed by atoms with van der Waals surface area (Å²) in [7, 11) is 0. The third-order valence-electron chi connectivity index (χ3n) is 2.26. The summed E-state index contributed by atoms with van der Waals surface area (Å²) in [6, 6.07) is 8.98. The van der Waals surface area contributed by atoms with Crippen LogP contribution in [-0.2, 0) is 9.53 Å². The molecule has 0 saturated carbocycles. The molecule has 5 nitrogen and oxygen atoms in total. The standard InChI is InChI=1S/C13H15NO4/c1-2-18-13(15)9-8-12(14(16)17)10-11-6-4-3-5-7-11/h3-7,10H,2,8-9H2,1H3/b12-10-. The van der Waals surface area contributed by atoms with Crippen molar-refractivity contribution < 1.29 is 14.5 Å². The number of carbonyl (C=O) groups is 1. The Morgan fingerprint density at radius 1 is 1.33 bits per heavy atom. The molecule has 0 spiro atoms. The van der Waals surface area contributed by atoms with E-state index in [4.69, 9.17) is 4.74 Å². The van der Waals surface area contributed by atoms with Crippen molar-refractivity contribution in [3.05, 3.63) is 51.7 Å². The average molecular weight is 249 g/mol. The smallest absolute Gasteiger partial charge is 0.306 e. The number of carbonyl (C=O) groups excluding carboxylic acids is 1. The van der Waals surface area contributed by atoms with Crippen LogP contribution in [0.5, 0.6) is 0 Å². The van der Waals surface area contributed by atoms with Crippen LogP contribution in [0.4, 0.5) is 0 Å². The number of esters is 1.